The van der Waals surface area contributed by atoms with Crippen molar-refractivity contribution < 1.29 is 28.0 Å². The molecule has 2 aromatic carbocycles. The fraction of sp³-hybridized carbons (Fsp3) is 0.316. The molecule has 2 rings (SSSR count). The quantitative estimate of drug-likeness (QED) is 0.502. The van der Waals surface area contributed by atoms with Crippen LogP contribution in [0, 0.1) is 10.1 Å². The number of nitrogens with one attached hydrogen (secondary N) is 1. The number of alkyl halides is 2. The van der Waals surface area contributed by atoms with Crippen molar-refractivity contribution >= 4 is 17.3 Å². The number of methoxy groups -OCH3 is 1. The van der Waals surface area contributed by atoms with E-state index in [-0.39, 0.29) is 23.0 Å². The lowest BCUT2D eigenvalue weighted by Gasteiger charge is -2.24. The van der Waals surface area contributed by atoms with Crippen molar-refractivity contribution in [3.05, 3.63) is 58.1 Å². The third-order valence-corrected chi connectivity index (χ3v) is 4.27. The molecule has 0 aromatic heterocycles. The molecule has 0 saturated heterocycles. The highest BCUT2D eigenvalue weighted by Crippen LogP contribution is 2.29. The van der Waals surface area contributed by atoms with Crippen LogP contribution in [0.15, 0.2) is 42.5 Å². The number of carbonyl (C=O) groups is 1. The Morgan fingerprint density at radius 1 is 1.24 bits per heavy atom. The average Bonchev–Trinajstić information content (AvgIpc) is 2.68. The second kappa shape index (κ2) is 9.78. The van der Waals surface area contributed by atoms with Gasteiger partial charge in [0.2, 0.25) is 5.91 Å². The maximum atomic E-state index is 12.6. The first-order chi connectivity index (χ1) is 13.7. The molecule has 0 radical (unpaired) electrons. The van der Waals surface area contributed by atoms with Gasteiger partial charge in [-0.3, -0.25) is 19.8 Å². The summed E-state index contributed by atoms with van der Waals surface area (Å²) in [5.74, 6) is -0.0349. The monoisotopic (exact) mass is 409 g/mol. The minimum absolute atomic E-state index is 0.0509. The predicted molar refractivity (Wildman–Crippen MR) is 102 cm³/mol. The van der Waals surface area contributed by atoms with Gasteiger partial charge in [-0.05, 0) is 37.7 Å². The van der Waals surface area contributed by atoms with Crippen LogP contribution in [-0.2, 0) is 11.3 Å². The molecule has 0 heterocycles. The van der Waals surface area contributed by atoms with Crippen molar-refractivity contribution in [1.29, 1.82) is 0 Å². The van der Waals surface area contributed by atoms with Gasteiger partial charge < -0.3 is 14.8 Å². The molecule has 0 bridgehead atoms. The summed E-state index contributed by atoms with van der Waals surface area (Å²) < 4.78 is 33.9. The molecule has 0 aliphatic heterocycles. The van der Waals surface area contributed by atoms with E-state index in [4.69, 9.17) is 4.74 Å². The number of nitrogens with zero attached hydrogens (tertiary/aromatic N) is 2. The van der Waals surface area contributed by atoms with Gasteiger partial charge in [-0.1, -0.05) is 12.1 Å². The van der Waals surface area contributed by atoms with Crippen molar-refractivity contribution in [1.82, 2.24) is 4.90 Å². The lowest BCUT2D eigenvalue weighted by atomic mass is 10.1. The van der Waals surface area contributed by atoms with E-state index in [1.807, 2.05) is 0 Å². The smallest absolute Gasteiger partial charge is 0.387 e. The molecular weight excluding hydrogens is 388 g/mol. The van der Waals surface area contributed by atoms with Crippen LogP contribution < -0.4 is 14.8 Å². The summed E-state index contributed by atoms with van der Waals surface area (Å²) >= 11 is 0. The number of halogens is 2. The van der Waals surface area contributed by atoms with Crippen molar-refractivity contribution in [2.75, 3.05) is 19.5 Å². The Morgan fingerprint density at radius 3 is 2.45 bits per heavy atom. The molecule has 1 N–H and O–H groups in total. The molecule has 2 aromatic rings. The fourth-order valence-corrected chi connectivity index (χ4v) is 2.55. The number of benzene rings is 2. The molecule has 0 fully saturated rings. The van der Waals surface area contributed by atoms with E-state index in [1.54, 1.807) is 31.0 Å². The number of non-ortho nitro benzene ring substituents is 1. The number of carbonyl (C=O) groups excluding carboxylic acids is 1. The first-order valence-electron chi connectivity index (χ1n) is 8.58. The molecule has 0 aliphatic rings. The maximum absolute atomic E-state index is 12.6. The zero-order valence-electron chi connectivity index (χ0n) is 16.1. The van der Waals surface area contributed by atoms with Gasteiger partial charge in [0.1, 0.15) is 11.5 Å². The number of hydrogen-bond donors (Lipinski definition) is 1. The van der Waals surface area contributed by atoms with E-state index >= 15 is 0 Å². The summed E-state index contributed by atoms with van der Waals surface area (Å²) in [6.45, 7) is -0.846. The van der Waals surface area contributed by atoms with Crippen molar-refractivity contribution in [2.45, 2.75) is 26.1 Å². The van der Waals surface area contributed by atoms with Crippen LogP contribution in [0.2, 0.25) is 0 Å². The Bertz CT molecular complexity index is 861. The zero-order chi connectivity index (χ0) is 21.6. The fourth-order valence-electron chi connectivity index (χ4n) is 2.55. The maximum Gasteiger partial charge on any atom is 0.387 e. The minimum atomic E-state index is -2.89. The molecule has 0 aliphatic carbocycles. The van der Waals surface area contributed by atoms with Crippen LogP contribution in [-0.4, -0.2) is 42.5 Å². The van der Waals surface area contributed by atoms with Gasteiger partial charge in [0, 0.05) is 18.7 Å². The van der Waals surface area contributed by atoms with E-state index < -0.39 is 17.6 Å². The van der Waals surface area contributed by atoms with Gasteiger partial charge in [-0.25, -0.2) is 0 Å². The molecule has 0 spiro atoms. The normalized spacial score (nSPS) is 12.0. The number of rotatable bonds is 9. The van der Waals surface area contributed by atoms with Gasteiger partial charge in [0.05, 0.1) is 23.8 Å². The molecule has 1 unspecified atom stereocenters. The second-order valence-electron chi connectivity index (χ2n) is 6.24. The van der Waals surface area contributed by atoms with Crippen LogP contribution in [0.3, 0.4) is 0 Å². The van der Waals surface area contributed by atoms with Crippen LogP contribution in [0.1, 0.15) is 12.5 Å². The number of anilines is 1. The molecule has 1 amide bonds. The largest absolute Gasteiger partial charge is 0.495 e. The zero-order valence-corrected chi connectivity index (χ0v) is 16.1. The highest BCUT2D eigenvalue weighted by atomic mass is 19.3. The molecule has 0 saturated carbocycles. The Hall–Kier alpha value is -3.27. The van der Waals surface area contributed by atoms with E-state index in [0.717, 1.165) is 5.56 Å². The summed E-state index contributed by atoms with van der Waals surface area (Å²) in [5, 5.41) is 13.6. The van der Waals surface area contributed by atoms with Crippen molar-refractivity contribution in [2.24, 2.45) is 0 Å². The van der Waals surface area contributed by atoms with Crippen molar-refractivity contribution in [3.63, 3.8) is 0 Å². The Balaban J connectivity index is 2.04. The summed E-state index contributed by atoms with van der Waals surface area (Å²) in [4.78, 5) is 24.7. The third kappa shape index (κ3) is 6.11. The van der Waals surface area contributed by atoms with Gasteiger partial charge in [0.15, 0.2) is 0 Å². The Kier molecular flexibility index (Phi) is 7.43. The van der Waals surface area contributed by atoms with Gasteiger partial charge in [-0.2, -0.15) is 8.78 Å². The van der Waals surface area contributed by atoms with E-state index in [2.05, 4.69) is 10.1 Å². The number of hydrogen-bond acceptors (Lipinski definition) is 6. The highest BCUT2D eigenvalue weighted by Gasteiger charge is 2.21. The summed E-state index contributed by atoms with van der Waals surface area (Å²) in [6, 6.07) is 9.44. The SMILES string of the molecule is COc1ccc([N+](=O)[O-])cc1NC(=O)C(C)N(C)Cc1ccc(OC(F)F)cc1. The lowest BCUT2D eigenvalue weighted by Crippen LogP contribution is -2.39. The predicted octanol–water partition coefficient (Wildman–Crippen LogP) is 3.66. The van der Waals surface area contributed by atoms with Gasteiger partial charge >= 0.3 is 6.61 Å². The molecule has 8 nitrogen and oxygen atoms in total. The molecule has 10 heteroatoms. The van der Waals surface area contributed by atoms with Crippen LogP contribution >= 0.6 is 0 Å². The first kappa shape index (κ1) is 22.0. The Labute approximate surface area is 166 Å². The molecule has 29 heavy (non-hydrogen) atoms. The van der Waals surface area contributed by atoms with Crippen molar-refractivity contribution in [3.8, 4) is 11.5 Å². The standard InChI is InChI=1S/C19H21F2N3O5/c1-12(23(2)11-13-4-7-15(8-5-13)29-19(20)21)18(25)22-16-10-14(24(26)27)6-9-17(16)28-3/h4-10,12,19H,11H2,1-3H3,(H,22,25). The van der Waals surface area contributed by atoms with E-state index in [9.17, 15) is 23.7 Å². The van der Waals surface area contributed by atoms with E-state index in [1.165, 1.54) is 37.4 Å². The third-order valence-electron chi connectivity index (χ3n) is 4.27. The van der Waals surface area contributed by atoms with Gasteiger partial charge in [0.25, 0.3) is 5.69 Å². The second-order valence-corrected chi connectivity index (χ2v) is 6.24. The topological polar surface area (TPSA) is 93.9 Å². The van der Waals surface area contributed by atoms with E-state index in [0.29, 0.717) is 12.3 Å². The minimum Gasteiger partial charge on any atom is -0.495 e. The molecular formula is C19H21F2N3O5. The number of amides is 1. The summed E-state index contributed by atoms with van der Waals surface area (Å²) in [5.41, 5.74) is 0.815. The van der Waals surface area contributed by atoms with Gasteiger partial charge in [-0.15, -0.1) is 0 Å². The first-order valence-corrected chi connectivity index (χ1v) is 8.58. The lowest BCUT2D eigenvalue weighted by molar-refractivity contribution is -0.384. The number of nitro groups is 1. The van der Waals surface area contributed by atoms with Crippen LogP contribution in [0.5, 0.6) is 11.5 Å². The number of nitro benzene ring substituents is 1. The highest BCUT2D eigenvalue weighted by molar-refractivity contribution is 5.96. The Morgan fingerprint density at radius 2 is 1.90 bits per heavy atom. The number of likely N-dealkylation sites (N-methyl/N-ethyl adjacent to an activating group) is 1. The average molecular weight is 409 g/mol. The summed E-state index contributed by atoms with van der Waals surface area (Å²) in [6.07, 6.45) is 0. The van der Waals surface area contributed by atoms with Crippen LogP contribution in [0.25, 0.3) is 0 Å². The number of ether oxygens (including phenoxy) is 2. The summed E-state index contributed by atoms with van der Waals surface area (Å²) in [7, 11) is 3.12. The molecule has 1 atom stereocenters. The van der Waals surface area contributed by atoms with Crippen LogP contribution in [0.4, 0.5) is 20.2 Å². The molecule has 156 valence electrons.